The van der Waals surface area contributed by atoms with Crippen molar-refractivity contribution in [1.29, 1.82) is 0 Å². The molecule has 1 fully saturated rings. The van der Waals surface area contributed by atoms with E-state index in [-0.39, 0.29) is 36.0 Å². The lowest BCUT2D eigenvalue weighted by molar-refractivity contribution is -0.151. The third kappa shape index (κ3) is 3.53. The van der Waals surface area contributed by atoms with E-state index < -0.39 is 0 Å². The lowest BCUT2D eigenvalue weighted by atomic mass is 9.82. The molecule has 0 bridgehead atoms. The van der Waals surface area contributed by atoms with Crippen molar-refractivity contribution in [2.24, 2.45) is 11.8 Å². The Hall–Kier alpha value is -1.98. The van der Waals surface area contributed by atoms with Crippen molar-refractivity contribution in [2.45, 2.75) is 39.2 Å². The van der Waals surface area contributed by atoms with Crippen molar-refractivity contribution in [2.75, 3.05) is 0 Å². The van der Waals surface area contributed by atoms with Gasteiger partial charge in [0.15, 0.2) is 11.6 Å². The fraction of sp³-hybridized carbons (Fsp3) is 0.571. The van der Waals surface area contributed by atoms with Crippen LogP contribution in [0.5, 0.6) is 0 Å². The van der Waals surface area contributed by atoms with Crippen LogP contribution in [0.1, 0.15) is 48.9 Å². The molecule has 2 rings (SSSR count). The number of aldehydes is 1. The highest BCUT2D eigenvalue weighted by Gasteiger charge is 2.28. The second-order valence-electron chi connectivity index (χ2n) is 5.18. The van der Waals surface area contributed by atoms with Crippen LogP contribution in [-0.2, 0) is 20.9 Å². The van der Waals surface area contributed by atoms with Gasteiger partial charge in [-0.05, 0) is 19.3 Å². The van der Waals surface area contributed by atoms with Crippen LogP contribution >= 0.6 is 0 Å². The molecule has 2 atom stereocenters. The van der Waals surface area contributed by atoms with Crippen LogP contribution in [0, 0.1) is 11.8 Å². The average Bonchev–Trinajstić information content (AvgIpc) is 2.94. The molecule has 0 spiro atoms. The number of rotatable bonds is 5. The average molecular weight is 278 g/mol. The van der Waals surface area contributed by atoms with E-state index in [4.69, 9.17) is 4.74 Å². The van der Waals surface area contributed by atoms with Crippen LogP contribution in [0.25, 0.3) is 0 Å². The summed E-state index contributed by atoms with van der Waals surface area (Å²) in [5, 5.41) is 0. The first-order valence-electron chi connectivity index (χ1n) is 6.77. The van der Waals surface area contributed by atoms with E-state index in [2.05, 4.69) is 9.97 Å². The number of Topliss-reactive ketones (excluding diaryl/α,β-unsaturated/α-hetero) is 1. The minimum absolute atomic E-state index is 0.0298. The van der Waals surface area contributed by atoms with Gasteiger partial charge in [-0.25, -0.2) is 4.98 Å². The van der Waals surface area contributed by atoms with E-state index in [0.717, 1.165) is 25.5 Å². The van der Waals surface area contributed by atoms with Gasteiger partial charge in [0, 0.05) is 12.8 Å². The fourth-order valence-corrected chi connectivity index (χ4v) is 2.44. The molecule has 108 valence electrons. The Balaban J connectivity index is 1.84. The minimum atomic E-state index is -0.282. The molecule has 0 radical (unpaired) electrons. The number of imidazole rings is 1. The highest BCUT2D eigenvalue weighted by molar-refractivity contribution is 5.90. The van der Waals surface area contributed by atoms with E-state index in [9.17, 15) is 14.4 Å². The van der Waals surface area contributed by atoms with Crippen molar-refractivity contribution in [3.63, 3.8) is 0 Å². The third-order valence-electron chi connectivity index (χ3n) is 3.57. The quantitative estimate of drug-likeness (QED) is 0.502. The van der Waals surface area contributed by atoms with E-state index in [1.807, 2.05) is 0 Å². The van der Waals surface area contributed by atoms with Gasteiger partial charge in [-0.1, -0.05) is 6.42 Å². The highest BCUT2D eigenvalue weighted by Crippen LogP contribution is 2.28. The molecule has 0 aliphatic heterocycles. The molecule has 6 nitrogen and oxygen atoms in total. The van der Waals surface area contributed by atoms with Gasteiger partial charge in [0.05, 0.1) is 17.8 Å². The van der Waals surface area contributed by atoms with Gasteiger partial charge in [0.1, 0.15) is 12.9 Å². The number of carbonyl (C=O) groups excluding carboxylic acids is 3. The lowest BCUT2D eigenvalue weighted by Crippen LogP contribution is -2.25. The predicted octanol–water partition coefficient (Wildman–Crippen LogP) is 1.66. The molecule has 0 aromatic carbocycles. The molecular weight excluding hydrogens is 260 g/mol. The molecular formula is C14H18N2O4. The van der Waals surface area contributed by atoms with E-state index in [1.54, 1.807) is 0 Å². The Bertz CT molecular complexity index is 509. The number of esters is 1. The number of nitrogens with zero attached hydrogens (tertiary/aromatic N) is 1. The zero-order valence-electron chi connectivity index (χ0n) is 11.4. The summed E-state index contributed by atoms with van der Waals surface area (Å²) in [6.45, 7) is 1.48. The molecule has 6 heteroatoms. The molecule has 0 amide bonds. The topological polar surface area (TPSA) is 89.1 Å². The molecule has 2 unspecified atom stereocenters. The zero-order valence-corrected chi connectivity index (χ0v) is 11.4. The monoisotopic (exact) mass is 278 g/mol. The Morgan fingerprint density at radius 1 is 1.50 bits per heavy atom. The summed E-state index contributed by atoms with van der Waals surface area (Å²) in [5.41, 5.74) is 0.589. The lowest BCUT2D eigenvalue weighted by Gasteiger charge is -2.24. The first kappa shape index (κ1) is 14.4. The highest BCUT2D eigenvalue weighted by atomic mass is 16.5. The molecule has 1 aromatic rings. The van der Waals surface area contributed by atoms with Crippen LogP contribution < -0.4 is 0 Å². The van der Waals surface area contributed by atoms with E-state index in [0.29, 0.717) is 12.1 Å². The number of carbonyl (C=O) groups is 3. The van der Waals surface area contributed by atoms with Gasteiger partial charge < -0.3 is 14.5 Å². The molecule has 20 heavy (non-hydrogen) atoms. The van der Waals surface area contributed by atoms with Gasteiger partial charge in [0.2, 0.25) is 0 Å². The summed E-state index contributed by atoms with van der Waals surface area (Å²) in [6.07, 6.45) is 5.49. The summed E-state index contributed by atoms with van der Waals surface area (Å²) in [4.78, 5) is 40.5. The second-order valence-corrected chi connectivity index (χ2v) is 5.18. The summed E-state index contributed by atoms with van der Waals surface area (Å²) in [6, 6.07) is 0. The van der Waals surface area contributed by atoms with Crippen molar-refractivity contribution < 1.29 is 19.1 Å². The summed E-state index contributed by atoms with van der Waals surface area (Å²) in [7, 11) is 0. The van der Waals surface area contributed by atoms with Crippen LogP contribution in [0.15, 0.2) is 6.20 Å². The number of aromatic amines is 1. The number of aromatic nitrogens is 2. The SMILES string of the molecule is CC(=O)c1ncc(COC(=O)C2CCCC(C=O)C2)[nH]1. The van der Waals surface area contributed by atoms with Crippen molar-refractivity contribution in [3.05, 3.63) is 17.7 Å². The Labute approximate surface area is 116 Å². The molecule has 1 saturated carbocycles. The first-order chi connectivity index (χ1) is 9.60. The van der Waals surface area contributed by atoms with Crippen molar-refractivity contribution in [3.8, 4) is 0 Å². The van der Waals surface area contributed by atoms with Crippen LogP contribution in [0.2, 0.25) is 0 Å². The minimum Gasteiger partial charge on any atom is -0.459 e. The maximum Gasteiger partial charge on any atom is 0.309 e. The summed E-state index contributed by atoms with van der Waals surface area (Å²) >= 11 is 0. The number of hydrogen-bond donors (Lipinski definition) is 1. The van der Waals surface area contributed by atoms with Crippen LogP contribution in [0.3, 0.4) is 0 Å². The molecule has 1 N–H and O–H groups in total. The van der Waals surface area contributed by atoms with Crippen LogP contribution in [-0.4, -0.2) is 28.0 Å². The molecule has 1 heterocycles. The third-order valence-corrected chi connectivity index (χ3v) is 3.57. The van der Waals surface area contributed by atoms with Crippen molar-refractivity contribution in [1.82, 2.24) is 9.97 Å². The van der Waals surface area contributed by atoms with E-state index >= 15 is 0 Å². The molecule has 1 aromatic heterocycles. The second kappa shape index (κ2) is 6.45. The zero-order chi connectivity index (χ0) is 14.5. The largest absolute Gasteiger partial charge is 0.459 e. The number of hydrogen-bond acceptors (Lipinski definition) is 5. The Morgan fingerprint density at radius 3 is 2.95 bits per heavy atom. The maximum atomic E-state index is 11.9. The van der Waals surface area contributed by atoms with Gasteiger partial charge >= 0.3 is 5.97 Å². The number of H-pyrrole nitrogens is 1. The molecule has 0 saturated heterocycles. The number of ether oxygens (including phenoxy) is 1. The summed E-state index contributed by atoms with van der Waals surface area (Å²) in [5.74, 6) is -0.416. The number of nitrogens with one attached hydrogen (secondary N) is 1. The number of ketones is 1. The van der Waals surface area contributed by atoms with Gasteiger partial charge in [-0.15, -0.1) is 0 Å². The van der Waals surface area contributed by atoms with Crippen molar-refractivity contribution >= 4 is 18.0 Å². The summed E-state index contributed by atoms with van der Waals surface area (Å²) < 4.78 is 5.22. The van der Waals surface area contributed by atoms with Gasteiger partial charge in [-0.3, -0.25) is 9.59 Å². The van der Waals surface area contributed by atoms with Crippen LogP contribution in [0.4, 0.5) is 0 Å². The van der Waals surface area contributed by atoms with E-state index in [1.165, 1.54) is 13.1 Å². The standard InChI is InChI=1S/C14H18N2O4/c1-9(18)13-15-6-12(16-13)8-20-14(19)11-4-2-3-10(5-11)7-17/h6-7,10-11H,2-5,8H2,1H3,(H,15,16). The Morgan fingerprint density at radius 2 is 2.30 bits per heavy atom. The maximum absolute atomic E-state index is 11.9. The Kier molecular flexibility index (Phi) is 4.65. The molecule has 1 aliphatic rings. The predicted molar refractivity (Wildman–Crippen MR) is 69.9 cm³/mol. The first-order valence-corrected chi connectivity index (χ1v) is 6.77. The van der Waals surface area contributed by atoms with Gasteiger partial charge in [-0.2, -0.15) is 0 Å². The smallest absolute Gasteiger partial charge is 0.309 e. The normalized spacial score (nSPS) is 22.2. The van der Waals surface area contributed by atoms with Gasteiger partial charge in [0.25, 0.3) is 0 Å². The molecule has 1 aliphatic carbocycles. The fourth-order valence-electron chi connectivity index (χ4n) is 2.44.